The highest BCUT2D eigenvalue weighted by atomic mass is 32.2. The number of anilines is 1. The van der Waals surface area contributed by atoms with Gasteiger partial charge in [-0.25, -0.2) is 8.42 Å². The Labute approximate surface area is 161 Å². The fraction of sp³-hybridized carbons (Fsp3) is 0.350. The van der Waals surface area contributed by atoms with Crippen molar-refractivity contribution >= 4 is 21.6 Å². The van der Waals surface area contributed by atoms with Crippen LogP contribution in [0, 0.1) is 6.92 Å². The molecule has 0 spiro atoms. The van der Waals surface area contributed by atoms with Crippen LogP contribution in [0.5, 0.6) is 5.75 Å². The Hall–Kier alpha value is -2.54. The first-order valence-electron chi connectivity index (χ1n) is 8.73. The number of nitrogens with zero attached hydrogens (tertiary/aromatic N) is 1. The number of benzene rings is 2. The summed E-state index contributed by atoms with van der Waals surface area (Å²) in [6.07, 6.45) is 1.45. The van der Waals surface area contributed by atoms with Gasteiger partial charge in [-0.1, -0.05) is 36.8 Å². The third-order valence-corrected chi connectivity index (χ3v) is 5.42. The monoisotopic (exact) mass is 390 g/mol. The predicted molar refractivity (Wildman–Crippen MR) is 107 cm³/mol. The van der Waals surface area contributed by atoms with Gasteiger partial charge in [-0.3, -0.25) is 9.10 Å². The number of sulfonamides is 1. The maximum atomic E-state index is 12.8. The average molecular weight is 391 g/mol. The zero-order valence-electron chi connectivity index (χ0n) is 16.1. The molecule has 6 nitrogen and oxygen atoms in total. The molecule has 1 amide bonds. The van der Waals surface area contributed by atoms with Crippen molar-refractivity contribution in [3.8, 4) is 5.75 Å². The van der Waals surface area contributed by atoms with Crippen LogP contribution < -0.4 is 14.4 Å². The van der Waals surface area contributed by atoms with Crippen LogP contribution in [0.1, 0.15) is 24.5 Å². The number of carbonyl (C=O) groups excluding carboxylic acids is 1. The molecule has 0 aliphatic rings. The first-order chi connectivity index (χ1) is 12.8. The largest absolute Gasteiger partial charge is 0.497 e. The van der Waals surface area contributed by atoms with Gasteiger partial charge in [-0.15, -0.1) is 0 Å². The van der Waals surface area contributed by atoms with Crippen molar-refractivity contribution < 1.29 is 17.9 Å². The van der Waals surface area contributed by atoms with Gasteiger partial charge in [-0.2, -0.15) is 0 Å². The molecule has 27 heavy (non-hydrogen) atoms. The molecule has 1 atom stereocenters. The van der Waals surface area contributed by atoms with Crippen LogP contribution in [0.4, 0.5) is 5.69 Å². The first kappa shape index (κ1) is 20.8. The molecule has 0 aromatic heterocycles. The highest BCUT2D eigenvalue weighted by Gasteiger charge is 2.31. The first-order valence-corrected chi connectivity index (χ1v) is 10.6. The maximum Gasteiger partial charge on any atom is 0.244 e. The number of nitrogens with one attached hydrogen (secondary N) is 1. The minimum Gasteiger partial charge on any atom is -0.497 e. The molecule has 2 aromatic carbocycles. The molecule has 2 aromatic rings. The second-order valence-electron chi connectivity index (χ2n) is 6.38. The number of amides is 1. The lowest BCUT2D eigenvalue weighted by molar-refractivity contribution is -0.122. The van der Waals surface area contributed by atoms with Gasteiger partial charge in [0, 0.05) is 6.54 Å². The van der Waals surface area contributed by atoms with E-state index in [1.165, 1.54) is 7.11 Å². The second-order valence-corrected chi connectivity index (χ2v) is 8.24. The van der Waals surface area contributed by atoms with Gasteiger partial charge in [0.1, 0.15) is 11.8 Å². The van der Waals surface area contributed by atoms with Crippen molar-refractivity contribution in [2.45, 2.75) is 32.9 Å². The predicted octanol–water partition coefficient (Wildman–Crippen LogP) is 2.86. The van der Waals surface area contributed by atoms with Gasteiger partial charge in [0.2, 0.25) is 15.9 Å². The average Bonchev–Trinajstić information content (AvgIpc) is 2.64. The molecule has 1 N–H and O–H groups in total. The fourth-order valence-electron chi connectivity index (χ4n) is 2.80. The summed E-state index contributed by atoms with van der Waals surface area (Å²) in [5.74, 6) is 0.281. The Bertz CT molecular complexity index is 862. The molecule has 1 unspecified atom stereocenters. The minimum atomic E-state index is -3.65. The summed E-state index contributed by atoms with van der Waals surface area (Å²) in [5.41, 5.74) is 2.52. The summed E-state index contributed by atoms with van der Waals surface area (Å²) in [7, 11) is -2.11. The van der Waals surface area contributed by atoms with E-state index >= 15 is 0 Å². The number of hydrogen-bond acceptors (Lipinski definition) is 4. The summed E-state index contributed by atoms with van der Waals surface area (Å²) >= 11 is 0. The van der Waals surface area contributed by atoms with Gasteiger partial charge >= 0.3 is 0 Å². The number of ether oxygens (including phenoxy) is 1. The minimum absolute atomic E-state index is 0.334. The zero-order valence-corrected chi connectivity index (χ0v) is 16.9. The smallest absolute Gasteiger partial charge is 0.244 e. The van der Waals surface area contributed by atoms with Gasteiger partial charge < -0.3 is 10.1 Å². The van der Waals surface area contributed by atoms with E-state index in [0.29, 0.717) is 24.4 Å². The van der Waals surface area contributed by atoms with Crippen LogP contribution in [-0.4, -0.2) is 33.7 Å². The van der Waals surface area contributed by atoms with Crippen molar-refractivity contribution in [2.75, 3.05) is 17.7 Å². The van der Waals surface area contributed by atoms with Crippen LogP contribution in [0.2, 0.25) is 0 Å². The van der Waals surface area contributed by atoms with E-state index in [2.05, 4.69) is 5.32 Å². The zero-order chi connectivity index (χ0) is 20.0. The maximum absolute atomic E-state index is 12.8. The van der Waals surface area contributed by atoms with Gasteiger partial charge in [0.15, 0.2) is 0 Å². The van der Waals surface area contributed by atoms with E-state index in [1.54, 1.807) is 31.2 Å². The number of aryl methyl sites for hydroxylation is 1. The Kier molecular flexibility index (Phi) is 6.85. The van der Waals surface area contributed by atoms with Gasteiger partial charge in [0.25, 0.3) is 0 Å². The fourth-order valence-corrected chi connectivity index (χ4v) is 4.01. The van der Waals surface area contributed by atoms with Crippen LogP contribution in [0.15, 0.2) is 48.5 Å². The molecule has 146 valence electrons. The van der Waals surface area contributed by atoms with Gasteiger partial charge in [-0.05, 0) is 43.2 Å². The summed E-state index contributed by atoms with van der Waals surface area (Å²) < 4.78 is 31.1. The third kappa shape index (κ3) is 5.47. The molecule has 0 aliphatic heterocycles. The normalized spacial score (nSPS) is 12.3. The highest BCUT2D eigenvalue weighted by molar-refractivity contribution is 7.92. The summed E-state index contributed by atoms with van der Waals surface area (Å²) in [4.78, 5) is 12.8. The van der Waals surface area contributed by atoms with Gasteiger partial charge in [0.05, 0.1) is 19.1 Å². The number of methoxy groups -OCH3 is 1. The Morgan fingerprint density at radius 1 is 1.11 bits per heavy atom. The number of rotatable bonds is 8. The van der Waals surface area contributed by atoms with E-state index in [4.69, 9.17) is 4.74 Å². The summed E-state index contributed by atoms with van der Waals surface area (Å²) in [6.45, 7) is 4.13. The lowest BCUT2D eigenvalue weighted by atomic mass is 10.1. The standard InChI is InChI=1S/C20H26N2O4S/c1-5-19(20(23)21-14-16-8-6-15(2)7-9-16)22(27(4,24)25)17-10-12-18(26-3)13-11-17/h6-13,19H,5,14H2,1-4H3,(H,21,23). The van der Waals surface area contributed by atoms with Crippen molar-refractivity contribution in [3.05, 3.63) is 59.7 Å². The number of hydrogen-bond donors (Lipinski definition) is 1. The van der Waals surface area contributed by atoms with Crippen LogP contribution in [-0.2, 0) is 21.4 Å². The van der Waals surface area contributed by atoms with E-state index in [9.17, 15) is 13.2 Å². The summed E-state index contributed by atoms with van der Waals surface area (Å²) in [6, 6.07) is 13.6. The molecule has 0 bridgehead atoms. The Balaban J connectivity index is 2.22. The Morgan fingerprint density at radius 2 is 1.70 bits per heavy atom. The quantitative estimate of drug-likeness (QED) is 0.752. The lowest BCUT2D eigenvalue weighted by Gasteiger charge is -2.30. The molecule has 7 heteroatoms. The molecule has 2 rings (SSSR count). The molecule has 0 saturated carbocycles. The van der Waals surface area contributed by atoms with Crippen LogP contribution in [0.25, 0.3) is 0 Å². The van der Waals surface area contributed by atoms with E-state index in [-0.39, 0.29) is 5.91 Å². The van der Waals surface area contributed by atoms with Crippen molar-refractivity contribution in [3.63, 3.8) is 0 Å². The molecular formula is C20H26N2O4S. The number of carbonyl (C=O) groups is 1. The van der Waals surface area contributed by atoms with E-state index < -0.39 is 16.1 Å². The topological polar surface area (TPSA) is 75.7 Å². The molecule has 0 heterocycles. The van der Waals surface area contributed by atoms with Crippen molar-refractivity contribution in [2.24, 2.45) is 0 Å². The highest BCUT2D eigenvalue weighted by Crippen LogP contribution is 2.25. The molecular weight excluding hydrogens is 364 g/mol. The van der Waals surface area contributed by atoms with E-state index in [1.807, 2.05) is 31.2 Å². The molecule has 0 saturated heterocycles. The molecule has 0 fully saturated rings. The lowest BCUT2D eigenvalue weighted by Crippen LogP contribution is -2.49. The van der Waals surface area contributed by atoms with Crippen LogP contribution >= 0.6 is 0 Å². The molecule has 0 aliphatic carbocycles. The van der Waals surface area contributed by atoms with E-state index in [0.717, 1.165) is 21.7 Å². The molecule has 0 radical (unpaired) electrons. The van der Waals surface area contributed by atoms with Crippen LogP contribution in [0.3, 0.4) is 0 Å². The Morgan fingerprint density at radius 3 is 2.19 bits per heavy atom. The van der Waals surface area contributed by atoms with Crippen molar-refractivity contribution in [1.82, 2.24) is 5.32 Å². The van der Waals surface area contributed by atoms with Crippen molar-refractivity contribution in [1.29, 1.82) is 0 Å². The summed E-state index contributed by atoms with van der Waals surface area (Å²) in [5, 5.41) is 2.84. The second kappa shape index (κ2) is 8.90. The SMILES string of the molecule is CCC(C(=O)NCc1ccc(C)cc1)N(c1ccc(OC)cc1)S(C)(=O)=O. The third-order valence-electron chi connectivity index (χ3n) is 4.24.